The first-order valence-electron chi connectivity index (χ1n) is 5.46. The molecule has 0 bridgehead atoms. The molecule has 1 amide bonds. The summed E-state index contributed by atoms with van der Waals surface area (Å²) in [4.78, 5) is 10.8. The summed E-state index contributed by atoms with van der Waals surface area (Å²) in [7, 11) is 0. The summed E-state index contributed by atoms with van der Waals surface area (Å²) in [6.45, 7) is 1.88. The largest absolute Gasteiger partial charge is 0.573 e. The van der Waals surface area contributed by atoms with Crippen LogP contribution in [0.15, 0.2) is 24.3 Å². The summed E-state index contributed by atoms with van der Waals surface area (Å²) in [6.07, 6.45) is -3.84. The van der Waals surface area contributed by atoms with E-state index in [9.17, 15) is 18.0 Å². The summed E-state index contributed by atoms with van der Waals surface area (Å²) in [5, 5.41) is 0. The molecule has 2 N–H and O–H groups in total. The summed E-state index contributed by atoms with van der Waals surface area (Å²) in [6, 6.07) is 5.48. The topological polar surface area (TPSA) is 52.3 Å². The van der Waals surface area contributed by atoms with Crippen molar-refractivity contribution in [2.24, 2.45) is 5.73 Å². The number of hydrogen-bond acceptors (Lipinski definition) is 2. The standard InChI is InChI=1S/C12H14F3NO2/c1-2-8(7-11(16)17)9-3-5-10(6-4-9)18-12(13,14)15/h3-6,8H,2,7H2,1H3,(H2,16,17). The summed E-state index contributed by atoms with van der Waals surface area (Å²) >= 11 is 0. The minimum Gasteiger partial charge on any atom is -0.406 e. The van der Waals surface area contributed by atoms with Gasteiger partial charge in [-0.1, -0.05) is 19.1 Å². The lowest BCUT2D eigenvalue weighted by atomic mass is 9.93. The molecular weight excluding hydrogens is 247 g/mol. The van der Waals surface area contributed by atoms with Crippen LogP contribution in [0.1, 0.15) is 31.2 Å². The molecule has 100 valence electrons. The Balaban J connectivity index is 2.77. The Bertz CT molecular complexity index is 401. The zero-order valence-electron chi connectivity index (χ0n) is 9.83. The predicted molar refractivity (Wildman–Crippen MR) is 60.0 cm³/mol. The molecule has 0 radical (unpaired) electrons. The van der Waals surface area contributed by atoms with Gasteiger partial charge in [0.15, 0.2) is 0 Å². The number of carbonyl (C=O) groups excluding carboxylic acids is 1. The predicted octanol–water partition coefficient (Wildman–Crippen LogP) is 2.95. The Kier molecular flexibility index (Phi) is 4.58. The smallest absolute Gasteiger partial charge is 0.406 e. The van der Waals surface area contributed by atoms with Gasteiger partial charge in [-0.05, 0) is 30.0 Å². The van der Waals surface area contributed by atoms with Crippen molar-refractivity contribution in [3.8, 4) is 5.75 Å². The maximum Gasteiger partial charge on any atom is 0.573 e. The minimum absolute atomic E-state index is 0.0811. The molecule has 1 atom stereocenters. The molecule has 0 saturated carbocycles. The van der Waals surface area contributed by atoms with Crippen LogP contribution in [0, 0.1) is 0 Å². The highest BCUT2D eigenvalue weighted by atomic mass is 19.4. The average Bonchev–Trinajstić information content (AvgIpc) is 2.24. The molecule has 0 fully saturated rings. The lowest BCUT2D eigenvalue weighted by Crippen LogP contribution is -2.17. The zero-order chi connectivity index (χ0) is 13.8. The fraction of sp³-hybridized carbons (Fsp3) is 0.417. The van der Waals surface area contributed by atoms with Gasteiger partial charge in [0.25, 0.3) is 0 Å². The maximum absolute atomic E-state index is 12.0. The molecule has 1 aromatic rings. The van der Waals surface area contributed by atoms with E-state index in [-0.39, 0.29) is 18.1 Å². The lowest BCUT2D eigenvalue weighted by molar-refractivity contribution is -0.274. The molecule has 0 spiro atoms. The normalized spacial score (nSPS) is 13.1. The van der Waals surface area contributed by atoms with Gasteiger partial charge in [0, 0.05) is 6.42 Å². The quantitative estimate of drug-likeness (QED) is 0.885. The summed E-state index contributed by atoms with van der Waals surface area (Å²) < 4.78 is 39.6. The van der Waals surface area contributed by atoms with E-state index >= 15 is 0 Å². The Hall–Kier alpha value is -1.72. The molecule has 18 heavy (non-hydrogen) atoms. The molecular formula is C12H14F3NO2. The number of alkyl halides is 3. The molecule has 3 nitrogen and oxygen atoms in total. The fourth-order valence-corrected chi connectivity index (χ4v) is 1.68. The van der Waals surface area contributed by atoms with Crippen LogP contribution in [0.2, 0.25) is 0 Å². The monoisotopic (exact) mass is 261 g/mol. The number of primary amides is 1. The van der Waals surface area contributed by atoms with Crippen molar-refractivity contribution in [2.75, 3.05) is 0 Å². The van der Waals surface area contributed by atoms with Crippen molar-refractivity contribution < 1.29 is 22.7 Å². The molecule has 1 aromatic carbocycles. The molecule has 0 aliphatic carbocycles. The van der Waals surface area contributed by atoms with Gasteiger partial charge in [-0.3, -0.25) is 4.79 Å². The molecule has 0 aromatic heterocycles. The molecule has 0 aliphatic rings. The van der Waals surface area contributed by atoms with Crippen LogP contribution in [0.3, 0.4) is 0 Å². The van der Waals surface area contributed by atoms with E-state index in [2.05, 4.69) is 4.74 Å². The van der Waals surface area contributed by atoms with E-state index in [1.165, 1.54) is 24.3 Å². The van der Waals surface area contributed by atoms with E-state index in [4.69, 9.17) is 5.73 Å². The van der Waals surface area contributed by atoms with Crippen molar-refractivity contribution >= 4 is 5.91 Å². The second kappa shape index (κ2) is 5.75. The average molecular weight is 261 g/mol. The first kappa shape index (κ1) is 14.3. The number of nitrogens with two attached hydrogens (primary N) is 1. The molecule has 0 aliphatic heterocycles. The number of hydrogen-bond donors (Lipinski definition) is 1. The fourth-order valence-electron chi connectivity index (χ4n) is 1.68. The Morgan fingerprint density at radius 2 is 1.89 bits per heavy atom. The Morgan fingerprint density at radius 1 is 1.33 bits per heavy atom. The SMILES string of the molecule is CCC(CC(N)=O)c1ccc(OC(F)(F)F)cc1. The number of ether oxygens (including phenoxy) is 1. The van der Waals surface area contributed by atoms with Crippen LogP contribution in [-0.4, -0.2) is 12.3 Å². The van der Waals surface area contributed by atoms with Gasteiger partial charge in [-0.15, -0.1) is 13.2 Å². The van der Waals surface area contributed by atoms with Gasteiger partial charge in [-0.25, -0.2) is 0 Å². The number of benzene rings is 1. The maximum atomic E-state index is 12.0. The van der Waals surface area contributed by atoms with Crippen LogP contribution in [0.4, 0.5) is 13.2 Å². The Labute approximate surface area is 103 Å². The van der Waals surface area contributed by atoms with Gasteiger partial charge in [0.2, 0.25) is 5.91 Å². The number of amides is 1. The van der Waals surface area contributed by atoms with Gasteiger partial charge in [0.1, 0.15) is 5.75 Å². The van der Waals surface area contributed by atoms with Crippen molar-refractivity contribution in [3.63, 3.8) is 0 Å². The second-order valence-electron chi connectivity index (χ2n) is 3.89. The number of rotatable bonds is 5. The Morgan fingerprint density at radius 3 is 2.28 bits per heavy atom. The molecule has 0 heterocycles. The van der Waals surface area contributed by atoms with Gasteiger partial charge >= 0.3 is 6.36 Å². The van der Waals surface area contributed by atoms with Gasteiger partial charge in [-0.2, -0.15) is 0 Å². The first-order valence-corrected chi connectivity index (χ1v) is 5.46. The lowest BCUT2D eigenvalue weighted by Gasteiger charge is -2.14. The molecule has 1 unspecified atom stereocenters. The second-order valence-corrected chi connectivity index (χ2v) is 3.89. The van der Waals surface area contributed by atoms with Gasteiger partial charge < -0.3 is 10.5 Å². The van der Waals surface area contributed by atoms with Crippen molar-refractivity contribution in [3.05, 3.63) is 29.8 Å². The van der Waals surface area contributed by atoms with E-state index in [1.807, 2.05) is 6.92 Å². The highest BCUT2D eigenvalue weighted by molar-refractivity contribution is 5.74. The molecule has 0 saturated heterocycles. The van der Waals surface area contributed by atoms with Crippen molar-refractivity contribution in [1.82, 2.24) is 0 Å². The van der Waals surface area contributed by atoms with Crippen molar-refractivity contribution in [2.45, 2.75) is 32.0 Å². The summed E-state index contributed by atoms with van der Waals surface area (Å²) in [5.74, 6) is -0.792. The van der Waals surface area contributed by atoms with Crippen LogP contribution in [0.5, 0.6) is 5.75 Å². The van der Waals surface area contributed by atoms with Crippen LogP contribution >= 0.6 is 0 Å². The third-order valence-electron chi connectivity index (χ3n) is 2.53. The number of carbonyl (C=O) groups is 1. The van der Waals surface area contributed by atoms with Crippen LogP contribution in [-0.2, 0) is 4.79 Å². The highest BCUT2D eigenvalue weighted by Crippen LogP contribution is 2.27. The van der Waals surface area contributed by atoms with Crippen LogP contribution < -0.4 is 10.5 Å². The van der Waals surface area contributed by atoms with Crippen molar-refractivity contribution in [1.29, 1.82) is 0 Å². The third kappa shape index (κ3) is 4.65. The van der Waals surface area contributed by atoms with E-state index < -0.39 is 12.3 Å². The zero-order valence-corrected chi connectivity index (χ0v) is 9.83. The van der Waals surface area contributed by atoms with E-state index in [0.717, 1.165) is 5.56 Å². The highest BCUT2D eigenvalue weighted by Gasteiger charge is 2.31. The van der Waals surface area contributed by atoms with Crippen LogP contribution in [0.25, 0.3) is 0 Å². The molecule has 1 rings (SSSR count). The first-order chi connectivity index (χ1) is 8.31. The minimum atomic E-state index is -4.70. The van der Waals surface area contributed by atoms with E-state index in [1.54, 1.807) is 0 Å². The van der Waals surface area contributed by atoms with E-state index in [0.29, 0.717) is 6.42 Å². The summed E-state index contributed by atoms with van der Waals surface area (Å²) in [5.41, 5.74) is 5.88. The molecule has 6 heteroatoms. The third-order valence-corrected chi connectivity index (χ3v) is 2.53. The number of halogens is 3. The van der Waals surface area contributed by atoms with Gasteiger partial charge in [0.05, 0.1) is 0 Å².